The molecule has 144 valence electrons. The first-order valence-electron chi connectivity index (χ1n) is 8.89. The number of benzene rings is 2. The molecule has 0 spiro atoms. The second kappa shape index (κ2) is 8.23. The molecule has 3 aromatic rings. The fourth-order valence-electron chi connectivity index (χ4n) is 3.13. The van der Waals surface area contributed by atoms with Crippen LogP contribution in [-0.2, 0) is 12.2 Å². The minimum Gasteiger partial charge on any atom is -0.497 e. The van der Waals surface area contributed by atoms with Crippen molar-refractivity contribution < 1.29 is 4.74 Å². The van der Waals surface area contributed by atoms with Gasteiger partial charge in [0.05, 0.1) is 23.4 Å². The van der Waals surface area contributed by atoms with E-state index in [0.717, 1.165) is 34.0 Å². The SMILES string of the molecule is COc1ccc(-n2c(SCc3cccc(Cl)c3)nc3c(c2=O)SC(C)C3)cc1. The number of ether oxygens (including phenoxy) is 1. The van der Waals surface area contributed by atoms with Gasteiger partial charge in [-0.2, -0.15) is 0 Å². The van der Waals surface area contributed by atoms with Gasteiger partial charge in [-0.25, -0.2) is 4.98 Å². The third-order valence-electron chi connectivity index (χ3n) is 4.47. The highest BCUT2D eigenvalue weighted by atomic mass is 35.5. The molecule has 4 nitrogen and oxygen atoms in total. The van der Waals surface area contributed by atoms with E-state index >= 15 is 0 Å². The molecule has 1 aliphatic rings. The number of thioether (sulfide) groups is 2. The quantitative estimate of drug-likeness (QED) is 0.410. The largest absolute Gasteiger partial charge is 0.497 e. The van der Waals surface area contributed by atoms with Crippen molar-refractivity contribution in [3.05, 3.63) is 75.2 Å². The fraction of sp³-hybridized carbons (Fsp3) is 0.238. The molecule has 0 aliphatic carbocycles. The Hall–Kier alpha value is -1.89. The Morgan fingerprint density at radius 3 is 2.79 bits per heavy atom. The van der Waals surface area contributed by atoms with Crippen LogP contribution in [0, 0.1) is 0 Å². The van der Waals surface area contributed by atoms with E-state index in [2.05, 4.69) is 6.92 Å². The summed E-state index contributed by atoms with van der Waals surface area (Å²) < 4.78 is 6.95. The summed E-state index contributed by atoms with van der Waals surface area (Å²) in [5.74, 6) is 1.44. The van der Waals surface area contributed by atoms with Crippen LogP contribution in [0.5, 0.6) is 5.75 Å². The molecule has 0 amide bonds. The highest BCUT2D eigenvalue weighted by Gasteiger charge is 2.26. The Kier molecular flexibility index (Phi) is 5.71. The van der Waals surface area contributed by atoms with Gasteiger partial charge in [0.15, 0.2) is 5.16 Å². The Morgan fingerprint density at radius 1 is 1.29 bits per heavy atom. The van der Waals surface area contributed by atoms with Crippen molar-refractivity contribution in [1.82, 2.24) is 9.55 Å². The monoisotopic (exact) mass is 430 g/mol. The lowest BCUT2D eigenvalue weighted by atomic mass is 10.2. The Balaban J connectivity index is 1.76. The molecular weight excluding hydrogens is 412 g/mol. The van der Waals surface area contributed by atoms with Gasteiger partial charge < -0.3 is 4.74 Å². The van der Waals surface area contributed by atoms with Crippen LogP contribution < -0.4 is 10.3 Å². The smallest absolute Gasteiger partial charge is 0.272 e. The van der Waals surface area contributed by atoms with E-state index in [4.69, 9.17) is 21.3 Å². The lowest BCUT2D eigenvalue weighted by Gasteiger charge is -2.14. The molecule has 2 aromatic carbocycles. The highest BCUT2D eigenvalue weighted by molar-refractivity contribution is 8.00. The normalized spacial score (nSPS) is 15.5. The summed E-state index contributed by atoms with van der Waals surface area (Å²) in [6, 6.07) is 15.3. The van der Waals surface area contributed by atoms with E-state index < -0.39 is 0 Å². The van der Waals surface area contributed by atoms with Crippen molar-refractivity contribution in [2.24, 2.45) is 0 Å². The van der Waals surface area contributed by atoms with Gasteiger partial charge in [0, 0.05) is 22.4 Å². The van der Waals surface area contributed by atoms with Gasteiger partial charge in [0.2, 0.25) is 0 Å². The van der Waals surface area contributed by atoms with Gasteiger partial charge >= 0.3 is 0 Å². The molecule has 1 unspecified atom stereocenters. The van der Waals surface area contributed by atoms with Crippen molar-refractivity contribution in [2.45, 2.75) is 34.4 Å². The first kappa shape index (κ1) is 19.4. The molecule has 7 heteroatoms. The maximum Gasteiger partial charge on any atom is 0.272 e. The number of hydrogen-bond acceptors (Lipinski definition) is 5. The zero-order valence-corrected chi connectivity index (χ0v) is 17.9. The number of rotatable bonds is 5. The molecule has 0 saturated carbocycles. The van der Waals surface area contributed by atoms with Crippen LogP contribution in [-0.4, -0.2) is 21.9 Å². The number of hydrogen-bond donors (Lipinski definition) is 0. The lowest BCUT2D eigenvalue weighted by molar-refractivity contribution is 0.414. The Bertz CT molecular complexity index is 1070. The fourth-order valence-corrected chi connectivity index (χ4v) is 5.41. The predicted molar refractivity (Wildman–Crippen MR) is 116 cm³/mol. The third kappa shape index (κ3) is 3.95. The number of nitrogens with zero attached hydrogens (tertiary/aromatic N) is 2. The van der Waals surface area contributed by atoms with Gasteiger partial charge in [-0.1, -0.05) is 42.4 Å². The van der Waals surface area contributed by atoms with Crippen LogP contribution >= 0.6 is 35.1 Å². The van der Waals surface area contributed by atoms with Gasteiger partial charge in [-0.15, -0.1) is 11.8 Å². The molecule has 1 aliphatic heterocycles. The van der Waals surface area contributed by atoms with E-state index in [1.165, 1.54) is 0 Å². The summed E-state index contributed by atoms with van der Waals surface area (Å²) in [5, 5.41) is 1.77. The molecule has 1 atom stereocenters. The second-order valence-electron chi connectivity index (χ2n) is 6.56. The van der Waals surface area contributed by atoms with Crippen molar-refractivity contribution >= 4 is 35.1 Å². The van der Waals surface area contributed by atoms with Crippen molar-refractivity contribution in [3.63, 3.8) is 0 Å². The first-order valence-corrected chi connectivity index (χ1v) is 11.1. The summed E-state index contributed by atoms with van der Waals surface area (Å²) in [4.78, 5) is 18.9. The third-order valence-corrected chi connectivity index (χ3v) is 6.93. The summed E-state index contributed by atoms with van der Waals surface area (Å²) in [5.41, 5.74) is 2.78. The number of halogens is 1. The maximum absolute atomic E-state index is 13.3. The lowest BCUT2D eigenvalue weighted by Crippen LogP contribution is -2.23. The van der Waals surface area contributed by atoms with Crippen LogP contribution in [0.15, 0.2) is 63.4 Å². The van der Waals surface area contributed by atoms with Crippen LogP contribution in [0.25, 0.3) is 5.69 Å². The summed E-state index contributed by atoms with van der Waals surface area (Å²) in [7, 11) is 1.63. The van der Waals surface area contributed by atoms with E-state index in [9.17, 15) is 4.79 Å². The predicted octanol–water partition coefficient (Wildman–Crippen LogP) is 5.22. The van der Waals surface area contributed by atoms with Gasteiger partial charge in [-0.3, -0.25) is 9.36 Å². The molecular formula is C21H19ClN2O2S2. The Morgan fingerprint density at radius 2 is 2.07 bits per heavy atom. The summed E-state index contributed by atoms with van der Waals surface area (Å²) in [6.07, 6.45) is 0.823. The molecule has 0 saturated heterocycles. The summed E-state index contributed by atoms with van der Waals surface area (Å²) >= 11 is 9.27. The number of methoxy groups -OCH3 is 1. The number of aromatic nitrogens is 2. The second-order valence-corrected chi connectivity index (χ2v) is 9.39. The van der Waals surface area contributed by atoms with Crippen molar-refractivity contribution in [3.8, 4) is 11.4 Å². The first-order chi connectivity index (χ1) is 13.5. The Labute approximate surface area is 177 Å². The molecule has 0 N–H and O–H groups in total. The van der Waals surface area contributed by atoms with Crippen LogP contribution in [0.3, 0.4) is 0 Å². The molecule has 0 radical (unpaired) electrons. The highest BCUT2D eigenvalue weighted by Crippen LogP contribution is 2.35. The average molecular weight is 431 g/mol. The van der Waals surface area contributed by atoms with E-state index in [0.29, 0.717) is 21.2 Å². The van der Waals surface area contributed by atoms with Crippen molar-refractivity contribution in [2.75, 3.05) is 7.11 Å². The molecule has 28 heavy (non-hydrogen) atoms. The molecule has 4 rings (SSSR count). The van der Waals surface area contributed by atoms with Crippen LogP contribution in [0.2, 0.25) is 5.02 Å². The summed E-state index contributed by atoms with van der Waals surface area (Å²) in [6.45, 7) is 2.13. The van der Waals surface area contributed by atoms with Crippen LogP contribution in [0.1, 0.15) is 18.2 Å². The zero-order chi connectivity index (χ0) is 19.7. The zero-order valence-electron chi connectivity index (χ0n) is 15.5. The minimum atomic E-state index is -0.00175. The standard InChI is InChI=1S/C21H19ClN2O2S2/c1-13-10-18-19(28-13)20(25)24(16-6-8-17(26-2)9-7-16)21(23-18)27-12-14-4-3-5-15(22)11-14/h3-9,11,13H,10,12H2,1-2H3. The average Bonchev–Trinajstić information content (AvgIpc) is 3.07. The number of fused-ring (bicyclic) bond motifs is 1. The molecule has 0 bridgehead atoms. The van der Waals surface area contributed by atoms with Gasteiger partial charge in [-0.05, 0) is 42.0 Å². The molecule has 0 fully saturated rings. The van der Waals surface area contributed by atoms with E-state index in [-0.39, 0.29) is 5.56 Å². The minimum absolute atomic E-state index is 0.00175. The maximum atomic E-state index is 13.3. The topological polar surface area (TPSA) is 44.1 Å². The van der Waals surface area contributed by atoms with E-state index in [1.54, 1.807) is 35.2 Å². The van der Waals surface area contributed by atoms with Crippen LogP contribution in [0.4, 0.5) is 0 Å². The van der Waals surface area contributed by atoms with Gasteiger partial charge in [0.1, 0.15) is 5.75 Å². The van der Waals surface area contributed by atoms with Crippen molar-refractivity contribution in [1.29, 1.82) is 0 Å². The molecule has 1 aromatic heterocycles. The van der Waals surface area contributed by atoms with Gasteiger partial charge in [0.25, 0.3) is 5.56 Å². The molecule has 2 heterocycles. The van der Waals surface area contributed by atoms with E-state index in [1.807, 2.05) is 48.5 Å².